The first-order valence-electron chi connectivity index (χ1n) is 5.56. The highest BCUT2D eigenvalue weighted by molar-refractivity contribution is 7.10. The van der Waals surface area contributed by atoms with Crippen LogP contribution in [0.15, 0.2) is 11.4 Å². The summed E-state index contributed by atoms with van der Waals surface area (Å²) >= 11 is 1.77. The van der Waals surface area contributed by atoms with Crippen LogP contribution in [0.5, 0.6) is 0 Å². The lowest BCUT2D eigenvalue weighted by Crippen LogP contribution is -2.38. The second-order valence-electron chi connectivity index (χ2n) is 3.75. The summed E-state index contributed by atoms with van der Waals surface area (Å²) in [7, 11) is 0. The Bertz CT molecular complexity index is 365. The Balaban J connectivity index is 1.94. The first kappa shape index (κ1) is 11.4. The summed E-state index contributed by atoms with van der Waals surface area (Å²) in [5.74, 6) is 0. The molecule has 1 unspecified atom stereocenters. The van der Waals surface area contributed by atoms with Crippen molar-refractivity contribution in [3.63, 3.8) is 0 Å². The number of hydroxylamine groups is 1. The molecule has 4 nitrogen and oxygen atoms in total. The van der Waals surface area contributed by atoms with E-state index in [-0.39, 0.29) is 12.1 Å². The van der Waals surface area contributed by atoms with Gasteiger partial charge in [-0.2, -0.15) is 0 Å². The topological polar surface area (TPSA) is 50.4 Å². The molecular formula is C11H16N2O2S. The van der Waals surface area contributed by atoms with E-state index in [2.05, 4.69) is 22.2 Å². The number of amides is 2. The van der Waals surface area contributed by atoms with E-state index in [1.54, 1.807) is 11.3 Å². The van der Waals surface area contributed by atoms with Gasteiger partial charge in [0.05, 0.1) is 12.6 Å². The first-order chi connectivity index (χ1) is 7.81. The number of rotatable bonds is 3. The van der Waals surface area contributed by atoms with E-state index in [1.165, 1.54) is 10.4 Å². The Kier molecular flexibility index (Phi) is 3.79. The molecule has 88 valence electrons. The third-order valence-electron chi connectivity index (χ3n) is 2.67. The maximum absolute atomic E-state index is 11.5. The average molecular weight is 240 g/mol. The minimum absolute atomic E-state index is 0.135. The minimum Gasteiger partial charge on any atom is -0.330 e. The second-order valence-corrected chi connectivity index (χ2v) is 4.75. The third kappa shape index (κ3) is 2.54. The van der Waals surface area contributed by atoms with Crippen molar-refractivity contribution in [3.05, 3.63) is 21.9 Å². The van der Waals surface area contributed by atoms with Crippen molar-refractivity contribution in [1.29, 1.82) is 0 Å². The lowest BCUT2D eigenvalue weighted by atomic mass is 9.94. The number of nitrogens with one attached hydrogen (secondary N) is 2. The zero-order valence-electron chi connectivity index (χ0n) is 9.29. The highest BCUT2D eigenvalue weighted by Crippen LogP contribution is 2.32. The predicted molar refractivity (Wildman–Crippen MR) is 63.3 cm³/mol. The van der Waals surface area contributed by atoms with E-state index in [1.807, 2.05) is 6.92 Å². The summed E-state index contributed by atoms with van der Waals surface area (Å²) in [5, 5.41) is 5.02. The first-order valence-corrected chi connectivity index (χ1v) is 6.43. The van der Waals surface area contributed by atoms with Crippen LogP contribution in [-0.4, -0.2) is 12.6 Å². The summed E-state index contributed by atoms with van der Waals surface area (Å²) in [6.45, 7) is 2.31. The van der Waals surface area contributed by atoms with Gasteiger partial charge in [0, 0.05) is 4.88 Å². The summed E-state index contributed by atoms with van der Waals surface area (Å²) in [6, 6.07) is 1.98. The number of urea groups is 1. The SMILES string of the molecule is CCONC(=O)NC1CCCc2sccc21. The molecule has 0 spiro atoms. The van der Waals surface area contributed by atoms with Gasteiger partial charge in [0.2, 0.25) is 0 Å². The molecule has 2 rings (SSSR count). The molecule has 0 aromatic carbocycles. The monoisotopic (exact) mass is 240 g/mol. The molecule has 5 heteroatoms. The van der Waals surface area contributed by atoms with E-state index in [0.29, 0.717) is 6.61 Å². The molecular weight excluding hydrogens is 224 g/mol. The zero-order chi connectivity index (χ0) is 11.4. The number of hydrogen-bond donors (Lipinski definition) is 2. The van der Waals surface area contributed by atoms with Gasteiger partial charge in [-0.15, -0.1) is 11.3 Å². The van der Waals surface area contributed by atoms with Crippen molar-refractivity contribution in [2.24, 2.45) is 0 Å². The molecule has 1 aromatic heterocycles. The molecule has 1 aromatic rings. The number of carbonyl (C=O) groups is 1. The highest BCUT2D eigenvalue weighted by atomic mass is 32.1. The van der Waals surface area contributed by atoms with Crippen LogP contribution < -0.4 is 10.8 Å². The standard InChI is InChI=1S/C11H16N2O2S/c1-2-15-13-11(14)12-9-4-3-5-10-8(9)6-7-16-10/h6-7,9H,2-5H2,1H3,(H2,12,13,14). The molecule has 0 radical (unpaired) electrons. The Labute approximate surface area is 98.9 Å². The molecule has 2 amide bonds. The molecule has 1 atom stereocenters. The van der Waals surface area contributed by atoms with E-state index in [4.69, 9.17) is 4.84 Å². The van der Waals surface area contributed by atoms with Crippen LogP contribution in [-0.2, 0) is 11.3 Å². The summed E-state index contributed by atoms with van der Waals surface area (Å²) < 4.78 is 0. The molecule has 0 bridgehead atoms. The number of fused-ring (bicyclic) bond motifs is 1. The van der Waals surface area contributed by atoms with Gasteiger partial charge < -0.3 is 5.32 Å². The number of thiophene rings is 1. The van der Waals surface area contributed by atoms with Crippen LogP contribution in [0.3, 0.4) is 0 Å². The second kappa shape index (κ2) is 5.32. The minimum atomic E-state index is -0.258. The van der Waals surface area contributed by atoms with Crippen LogP contribution in [0.1, 0.15) is 36.2 Å². The molecule has 1 heterocycles. The lowest BCUT2D eigenvalue weighted by Gasteiger charge is -2.23. The van der Waals surface area contributed by atoms with Gasteiger partial charge in [0.25, 0.3) is 0 Å². The van der Waals surface area contributed by atoms with Crippen molar-refractivity contribution in [2.45, 2.75) is 32.2 Å². The highest BCUT2D eigenvalue weighted by Gasteiger charge is 2.22. The summed E-state index contributed by atoms with van der Waals surface area (Å²) in [4.78, 5) is 17.7. The fourth-order valence-corrected chi connectivity index (χ4v) is 2.95. The average Bonchev–Trinajstić information content (AvgIpc) is 2.75. The van der Waals surface area contributed by atoms with Crippen LogP contribution in [0, 0.1) is 0 Å². The number of hydrogen-bond acceptors (Lipinski definition) is 3. The van der Waals surface area contributed by atoms with Gasteiger partial charge in [0.1, 0.15) is 0 Å². The molecule has 0 saturated carbocycles. The smallest absolute Gasteiger partial charge is 0.330 e. The van der Waals surface area contributed by atoms with Crippen molar-refractivity contribution < 1.29 is 9.63 Å². The molecule has 1 aliphatic rings. The molecule has 2 N–H and O–H groups in total. The van der Waals surface area contributed by atoms with Crippen molar-refractivity contribution in [2.75, 3.05) is 6.61 Å². The molecule has 0 saturated heterocycles. The number of aryl methyl sites for hydroxylation is 1. The maximum atomic E-state index is 11.5. The maximum Gasteiger partial charge on any atom is 0.339 e. The van der Waals surface area contributed by atoms with Gasteiger partial charge in [-0.3, -0.25) is 4.84 Å². The van der Waals surface area contributed by atoms with Gasteiger partial charge in [-0.05, 0) is 43.2 Å². The van der Waals surface area contributed by atoms with Crippen LogP contribution in [0.25, 0.3) is 0 Å². The largest absolute Gasteiger partial charge is 0.339 e. The van der Waals surface area contributed by atoms with Crippen molar-refractivity contribution in [1.82, 2.24) is 10.8 Å². The summed E-state index contributed by atoms with van der Waals surface area (Å²) in [6.07, 6.45) is 3.27. The zero-order valence-corrected chi connectivity index (χ0v) is 10.1. The van der Waals surface area contributed by atoms with Crippen molar-refractivity contribution >= 4 is 17.4 Å². The van der Waals surface area contributed by atoms with Gasteiger partial charge in [-0.25, -0.2) is 10.3 Å². The lowest BCUT2D eigenvalue weighted by molar-refractivity contribution is 0.0692. The predicted octanol–water partition coefficient (Wildman–Crippen LogP) is 2.38. The fraction of sp³-hybridized carbons (Fsp3) is 0.545. The molecule has 1 aliphatic carbocycles. The normalized spacial score (nSPS) is 18.9. The van der Waals surface area contributed by atoms with Crippen LogP contribution in [0.2, 0.25) is 0 Å². The van der Waals surface area contributed by atoms with Gasteiger partial charge in [-0.1, -0.05) is 0 Å². The van der Waals surface area contributed by atoms with Gasteiger partial charge in [0.15, 0.2) is 0 Å². The fourth-order valence-electron chi connectivity index (χ4n) is 1.96. The Morgan fingerprint density at radius 2 is 2.56 bits per heavy atom. The Morgan fingerprint density at radius 1 is 1.69 bits per heavy atom. The summed E-state index contributed by atoms with van der Waals surface area (Å²) in [5.41, 5.74) is 3.62. The van der Waals surface area contributed by atoms with Crippen LogP contribution >= 0.6 is 11.3 Å². The van der Waals surface area contributed by atoms with Crippen LogP contribution in [0.4, 0.5) is 4.79 Å². The Hall–Kier alpha value is -1.07. The van der Waals surface area contributed by atoms with Gasteiger partial charge >= 0.3 is 6.03 Å². The third-order valence-corrected chi connectivity index (χ3v) is 3.66. The molecule has 0 aliphatic heterocycles. The number of carbonyl (C=O) groups excluding carboxylic acids is 1. The van der Waals surface area contributed by atoms with E-state index in [9.17, 15) is 4.79 Å². The molecule has 16 heavy (non-hydrogen) atoms. The van der Waals surface area contributed by atoms with E-state index >= 15 is 0 Å². The Morgan fingerprint density at radius 3 is 3.38 bits per heavy atom. The van der Waals surface area contributed by atoms with Crippen molar-refractivity contribution in [3.8, 4) is 0 Å². The molecule has 0 fully saturated rings. The van der Waals surface area contributed by atoms with E-state index in [0.717, 1.165) is 19.3 Å². The quantitative estimate of drug-likeness (QED) is 0.797. The van der Waals surface area contributed by atoms with E-state index < -0.39 is 0 Å².